The SMILES string of the molecule is CCOC(=O)c1cnc(-c2cccc(OC(F)(F)F)c2)nc1N(C)C. The van der Waals surface area contributed by atoms with Crippen molar-refractivity contribution in [1.82, 2.24) is 9.97 Å². The Morgan fingerprint density at radius 1 is 1.28 bits per heavy atom. The average molecular weight is 355 g/mol. The first-order valence-electron chi connectivity index (χ1n) is 7.29. The van der Waals surface area contributed by atoms with Crippen molar-refractivity contribution in [2.75, 3.05) is 25.6 Å². The maximum absolute atomic E-state index is 12.3. The molecule has 0 radical (unpaired) electrons. The van der Waals surface area contributed by atoms with Crippen LogP contribution >= 0.6 is 0 Å². The van der Waals surface area contributed by atoms with Crippen LogP contribution < -0.4 is 9.64 Å². The van der Waals surface area contributed by atoms with Crippen LogP contribution in [-0.4, -0.2) is 43.0 Å². The van der Waals surface area contributed by atoms with Gasteiger partial charge in [-0.25, -0.2) is 14.8 Å². The van der Waals surface area contributed by atoms with E-state index in [2.05, 4.69) is 14.7 Å². The standard InChI is InChI=1S/C16H16F3N3O3/c1-4-24-15(23)12-9-20-13(21-14(12)22(2)3)10-6-5-7-11(8-10)25-16(17,18)19/h5-9H,4H2,1-3H3. The molecular weight excluding hydrogens is 339 g/mol. The summed E-state index contributed by atoms with van der Waals surface area (Å²) in [5.74, 6) is -0.503. The van der Waals surface area contributed by atoms with Crippen LogP contribution in [0.5, 0.6) is 5.75 Å². The molecule has 0 fully saturated rings. The van der Waals surface area contributed by atoms with Gasteiger partial charge in [0, 0.05) is 25.9 Å². The highest BCUT2D eigenvalue weighted by Gasteiger charge is 2.31. The van der Waals surface area contributed by atoms with Crippen LogP contribution in [0.1, 0.15) is 17.3 Å². The molecule has 1 aromatic carbocycles. The van der Waals surface area contributed by atoms with Gasteiger partial charge in [-0.3, -0.25) is 0 Å². The van der Waals surface area contributed by atoms with Gasteiger partial charge in [-0.1, -0.05) is 12.1 Å². The van der Waals surface area contributed by atoms with Gasteiger partial charge in [0.25, 0.3) is 0 Å². The van der Waals surface area contributed by atoms with E-state index in [9.17, 15) is 18.0 Å². The Morgan fingerprint density at radius 3 is 2.60 bits per heavy atom. The molecule has 0 aliphatic carbocycles. The molecule has 2 rings (SSSR count). The zero-order valence-electron chi connectivity index (χ0n) is 13.8. The maximum Gasteiger partial charge on any atom is 0.573 e. The summed E-state index contributed by atoms with van der Waals surface area (Å²) in [6, 6.07) is 5.29. The van der Waals surface area contributed by atoms with E-state index in [1.54, 1.807) is 32.0 Å². The number of anilines is 1. The van der Waals surface area contributed by atoms with E-state index in [0.717, 1.165) is 0 Å². The lowest BCUT2D eigenvalue weighted by Crippen LogP contribution is -2.18. The first-order chi connectivity index (χ1) is 11.7. The minimum absolute atomic E-state index is 0.157. The second kappa shape index (κ2) is 7.37. The largest absolute Gasteiger partial charge is 0.573 e. The van der Waals surface area contributed by atoms with E-state index in [0.29, 0.717) is 11.4 Å². The summed E-state index contributed by atoms with van der Waals surface area (Å²) in [6.07, 6.45) is -3.50. The van der Waals surface area contributed by atoms with E-state index in [-0.39, 0.29) is 23.7 Å². The fraction of sp³-hybridized carbons (Fsp3) is 0.312. The summed E-state index contributed by atoms with van der Waals surface area (Å²) < 4.78 is 45.9. The third-order valence-electron chi connectivity index (χ3n) is 3.01. The summed E-state index contributed by atoms with van der Waals surface area (Å²) in [4.78, 5) is 21.9. The van der Waals surface area contributed by atoms with Crippen molar-refractivity contribution in [2.45, 2.75) is 13.3 Å². The Morgan fingerprint density at radius 2 is 2.00 bits per heavy atom. The van der Waals surface area contributed by atoms with Crippen molar-refractivity contribution in [3.63, 3.8) is 0 Å². The molecule has 2 aromatic rings. The van der Waals surface area contributed by atoms with E-state index < -0.39 is 12.3 Å². The fourth-order valence-corrected chi connectivity index (χ4v) is 2.04. The molecule has 0 unspecified atom stereocenters. The molecular formula is C16H16F3N3O3. The Labute approximate surface area is 142 Å². The van der Waals surface area contributed by atoms with Crippen molar-refractivity contribution in [2.24, 2.45) is 0 Å². The van der Waals surface area contributed by atoms with Crippen molar-refractivity contribution >= 4 is 11.8 Å². The van der Waals surface area contributed by atoms with Gasteiger partial charge in [0.05, 0.1) is 6.61 Å². The molecule has 1 aromatic heterocycles. The Balaban J connectivity index is 2.42. The van der Waals surface area contributed by atoms with Gasteiger partial charge in [-0.2, -0.15) is 0 Å². The molecule has 0 saturated carbocycles. The fourth-order valence-electron chi connectivity index (χ4n) is 2.04. The second-order valence-corrected chi connectivity index (χ2v) is 5.12. The van der Waals surface area contributed by atoms with Crippen LogP contribution in [0.2, 0.25) is 0 Å². The summed E-state index contributed by atoms with van der Waals surface area (Å²) in [5, 5.41) is 0. The number of benzene rings is 1. The van der Waals surface area contributed by atoms with Gasteiger partial charge >= 0.3 is 12.3 Å². The van der Waals surface area contributed by atoms with E-state index in [1.807, 2.05) is 0 Å². The van der Waals surface area contributed by atoms with E-state index in [1.165, 1.54) is 24.4 Å². The number of nitrogens with zero attached hydrogens (tertiary/aromatic N) is 3. The van der Waals surface area contributed by atoms with Crippen LogP contribution in [0.15, 0.2) is 30.5 Å². The summed E-state index contributed by atoms with van der Waals surface area (Å²) in [5.41, 5.74) is 0.485. The third-order valence-corrected chi connectivity index (χ3v) is 3.01. The second-order valence-electron chi connectivity index (χ2n) is 5.12. The highest BCUT2D eigenvalue weighted by molar-refractivity contribution is 5.94. The minimum Gasteiger partial charge on any atom is -0.462 e. The average Bonchev–Trinajstić information content (AvgIpc) is 2.53. The molecule has 25 heavy (non-hydrogen) atoms. The monoisotopic (exact) mass is 355 g/mol. The maximum atomic E-state index is 12.3. The topological polar surface area (TPSA) is 64.5 Å². The number of carbonyl (C=O) groups excluding carboxylic acids is 1. The molecule has 0 atom stereocenters. The minimum atomic E-state index is -4.79. The molecule has 0 bridgehead atoms. The summed E-state index contributed by atoms with van der Waals surface area (Å²) in [6.45, 7) is 1.87. The van der Waals surface area contributed by atoms with Crippen LogP contribution in [0.3, 0.4) is 0 Å². The Kier molecular flexibility index (Phi) is 5.45. The molecule has 9 heteroatoms. The number of hydrogen-bond donors (Lipinski definition) is 0. The van der Waals surface area contributed by atoms with Crippen LogP contribution in [0.4, 0.5) is 19.0 Å². The number of aromatic nitrogens is 2. The van der Waals surface area contributed by atoms with Gasteiger partial charge in [-0.15, -0.1) is 13.2 Å². The molecule has 0 aliphatic heterocycles. The van der Waals surface area contributed by atoms with Gasteiger partial charge in [0.15, 0.2) is 5.82 Å². The summed E-state index contributed by atoms with van der Waals surface area (Å²) in [7, 11) is 3.36. The number of carbonyl (C=O) groups is 1. The van der Waals surface area contributed by atoms with E-state index in [4.69, 9.17) is 4.74 Å². The normalized spacial score (nSPS) is 11.1. The number of ether oxygens (including phenoxy) is 2. The van der Waals surface area contributed by atoms with Crippen molar-refractivity contribution in [3.05, 3.63) is 36.0 Å². The van der Waals surface area contributed by atoms with Gasteiger partial charge < -0.3 is 14.4 Å². The first kappa shape index (κ1) is 18.5. The van der Waals surface area contributed by atoms with E-state index >= 15 is 0 Å². The first-order valence-corrected chi connectivity index (χ1v) is 7.29. The molecule has 0 aliphatic rings. The molecule has 0 saturated heterocycles. The lowest BCUT2D eigenvalue weighted by Gasteiger charge is -2.16. The van der Waals surface area contributed by atoms with Crippen LogP contribution in [0.25, 0.3) is 11.4 Å². The van der Waals surface area contributed by atoms with Crippen molar-refractivity contribution in [1.29, 1.82) is 0 Å². The Hall–Kier alpha value is -2.84. The number of esters is 1. The number of alkyl halides is 3. The Bertz CT molecular complexity index is 764. The zero-order chi connectivity index (χ0) is 18.6. The third kappa shape index (κ3) is 4.82. The lowest BCUT2D eigenvalue weighted by molar-refractivity contribution is -0.274. The molecule has 134 valence electrons. The van der Waals surface area contributed by atoms with Crippen molar-refractivity contribution in [3.8, 4) is 17.1 Å². The highest BCUT2D eigenvalue weighted by Crippen LogP contribution is 2.28. The predicted molar refractivity (Wildman–Crippen MR) is 84.4 cm³/mol. The number of hydrogen-bond acceptors (Lipinski definition) is 6. The molecule has 0 amide bonds. The summed E-state index contributed by atoms with van der Waals surface area (Å²) >= 11 is 0. The molecule has 6 nitrogen and oxygen atoms in total. The quantitative estimate of drug-likeness (QED) is 0.767. The molecule has 0 N–H and O–H groups in total. The van der Waals surface area contributed by atoms with Gasteiger partial charge in [0.2, 0.25) is 0 Å². The van der Waals surface area contributed by atoms with Gasteiger partial charge in [-0.05, 0) is 19.1 Å². The predicted octanol–water partition coefficient (Wildman–Crippen LogP) is 3.28. The number of rotatable bonds is 5. The number of halogens is 3. The lowest BCUT2D eigenvalue weighted by atomic mass is 10.2. The van der Waals surface area contributed by atoms with Crippen molar-refractivity contribution < 1.29 is 27.4 Å². The van der Waals surface area contributed by atoms with Crippen LogP contribution in [-0.2, 0) is 4.74 Å². The highest BCUT2D eigenvalue weighted by atomic mass is 19.4. The zero-order valence-corrected chi connectivity index (χ0v) is 13.8. The smallest absolute Gasteiger partial charge is 0.462 e. The van der Waals surface area contributed by atoms with Gasteiger partial charge in [0.1, 0.15) is 17.1 Å². The molecule has 1 heterocycles. The van der Waals surface area contributed by atoms with Crippen LogP contribution in [0, 0.1) is 0 Å². The molecule has 0 spiro atoms.